The number of carbonyl (C=O) groups is 1. The molecular weight excluding hydrogens is 380 g/mol. The zero-order valence-electron chi connectivity index (χ0n) is 17.8. The zero-order valence-corrected chi connectivity index (χ0v) is 17.8. The van der Waals surface area contributed by atoms with Crippen molar-refractivity contribution in [2.24, 2.45) is 0 Å². The molecule has 1 aromatic carbocycles. The van der Waals surface area contributed by atoms with Crippen molar-refractivity contribution in [3.8, 4) is 0 Å². The van der Waals surface area contributed by atoms with E-state index in [0.717, 1.165) is 49.4 Å². The van der Waals surface area contributed by atoms with E-state index in [1.807, 2.05) is 50.5 Å². The Labute approximate surface area is 177 Å². The average Bonchev–Trinajstić information content (AvgIpc) is 3.03. The second-order valence-electron chi connectivity index (χ2n) is 8.44. The van der Waals surface area contributed by atoms with Crippen LogP contribution in [0.2, 0.25) is 0 Å². The molecule has 2 saturated heterocycles. The molecule has 3 heterocycles. The highest BCUT2D eigenvalue weighted by Gasteiger charge is 2.43. The molecule has 0 aliphatic carbocycles. The van der Waals surface area contributed by atoms with Gasteiger partial charge in [0.2, 0.25) is 0 Å². The van der Waals surface area contributed by atoms with Crippen molar-refractivity contribution in [3.63, 3.8) is 0 Å². The van der Waals surface area contributed by atoms with Crippen LogP contribution in [0.15, 0.2) is 36.7 Å². The summed E-state index contributed by atoms with van der Waals surface area (Å²) in [5.74, 6) is 0.724. The molecule has 1 spiro atoms. The summed E-state index contributed by atoms with van der Waals surface area (Å²) >= 11 is 0. The Kier molecular flexibility index (Phi) is 6.41. The summed E-state index contributed by atoms with van der Waals surface area (Å²) in [5, 5.41) is 3.02. The number of hydrogen-bond donors (Lipinski definition) is 1. The third kappa shape index (κ3) is 5.22. The standard InChI is InChI=1S/C23H30N4O3/c1-17-3-5-20(6-4-17)22(28)26-13-21-7-8-23(30-21)15-27(9-10-29-16-23)14-19-11-24-18(2)25-12-19/h3-6,11-12,21H,7-10,13-16H2,1-2H3,(H,26,28)/t21-,23+/m0/s1. The van der Waals surface area contributed by atoms with E-state index in [1.165, 1.54) is 0 Å². The molecule has 1 aromatic heterocycles. The number of benzene rings is 1. The summed E-state index contributed by atoms with van der Waals surface area (Å²) in [6.07, 6.45) is 5.63. The summed E-state index contributed by atoms with van der Waals surface area (Å²) in [6, 6.07) is 7.61. The van der Waals surface area contributed by atoms with E-state index >= 15 is 0 Å². The highest BCUT2D eigenvalue weighted by atomic mass is 16.6. The Balaban J connectivity index is 1.32. The van der Waals surface area contributed by atoms with Gasteiger partial charge in [-0.2, -0.15) is 0 Å². The lowest BCUT2D eigenvalue weighted by Crippen LogP contribution is -2.45. The Bertz CT molecular complexity index is 856. The van der Waals surface area contributed by atoms with Crippen molar-refractivity contribution in [1.82, 2.24) is 20.2 Å². The van der Waals surface area contributed by atoms with Gasteiger partial charge in [0.05, 0.1) is 19.3 Å². The molecule has 4 rings (SSSR count). The van der Waals surface area contributed by atoms with Crippen molar-refractivity contribution in [1.29, 1.82) is 0 Å². The van der Waals surface area contributed by atoms with Crippen LogP contribution in [0.3, 0.4) is 0 Å². The van der Waals surface area contributed by atoms with E-state index in [-0.39, 0.29) is 17.6 Å². The smallest absolute Gasteiger partial charge is 0.251 e. The van der Waals surface area contributed by atoms with E-state index in [0.29, 0.717) is 25.3 Å². The fourth-order valence-corrected chi connectivity index (χ4v) is 4.15. The van der Waals surface area contributed by atoms with Crippen LogP contribution in [0.4, 0.5) is 0 Å². The predicted octanol–water partition coefficient (Wildman–Crippen LogP) is 2.27. The molecule has 7 heteroatoms. The number of carbonyl (C=O) groups excluding carboxylic acids is 1. The van der Waals surface area contributed by atoms with Gasteiger partial charge in [0, 0.05) is 49.7 Å². The molecule has 0 unspecified atom stereocenters. The van der Waals surface area contributed by atoms with Crippen molar-refractivity contribution < 1.29 is 14.3 Å². The molecule has 2 fully saturated rings. The van der Waals surface area contributed by atoms with E-state index in [2.05, 4.69) is 20.2 Å². The number of nitrogens with one attached hydrogen (secondary N) is 1. The SMILES string of the molecule is Cc1ccc(C(=O)NC[C@@H]2CC[C@@]3(COCCN(Cc4cnc(C)nc4)C3)O2)cc1. The van der Waals surface area contributed by atoms with Gasteiger partial charge in [-0.25, -0.2) is 9.97 Å². The van der Waals surface area contributed by atoms with Crippen LogP contribution in [0.5, 0.6) is 0 Å². The van der Waals surface area contributed by atoms with Gasteiger partial charge >= 0.3 is 0 Å². The number of ether oxygens (including phenoxy) is 2. The third-order valence-electron chi connectivity index (χ3n) is 5.81. The van der Waals surface area contributed by atoms with E-state index < -0.39 is 0 Å². The summed E-state index contributed by atoms with van der Waals surface area (Å²) in [4.78, 5) is 23.4. The van der Waals surface area contributed by atoms with Gasteiger partial charge in [0.25, 0.3) is 5.91 Å². The molecule has 1 amide bonds. The molecule has 7 nitrogen and oxygen atoms in total. The molecule has 0 bridgehead atoms. The number of amides is 1. The Morgan fingerprint density at radius 2 is 2.00 bits per heavy atom. The number of hydrogen-bond acceptors (Lipinski definition) is 6. The van der Waals surface area contributed by atoms with Gasteiger partial charge in [-0.05, 0) is 38.8 Å². The van der Waals surface area contributed by atoms with E-state index in [9.17, 15) is 4.79 Å². The largest absolute Gasteiger partial charge is 0.377 e. The van der Waals surface area contributed by atoms with Crippen molar-refractivity contribution in [2.75, 3.05) is 32.8 Å². The highest BCUT2D eigenvalue weighted by Crippen LogP contribution is 2.33. The normalized spacial score (nSPS) is 24.7. The molecule has 2 aliphatic heterocycles. The van der Waals surface area contributed by atoms with E-state index in [4.69, 9.17) is 9.47 Å². The fourth-order valence-electron chi connectivity index (χ4n) is 4.15. The highest BCUT2D eigenvalue weighted by molar-refractivity contribution is 5.94. The van der Waals surface area contributed by atoms with E-state index in [1.54, 1.807) is 0 Å². The van der Waals surface area contributed by atoms with Crippen LogP contribution >= 0.6 is 0 Å². The van der Waals surface area contributed by atoms with Gasteiger partial charge in [0.15, 0.2) is 0 Å². The summed E-state index contributed by atoms with van der Waals surface area (Å²) in [5.41, 5.74) is 2.60. The predicted molar refractivity (Wildman–Crippen MR) is 113 cm³/mol. The second kappa shape index (κ2) is 9.20. The lowest BCUT2D eigenvalue weighted by atomic mass is 10.00. The molecule has 0 radical (unpaired) electrons. The Morgan fingerprint density at radius 1 is 1.23 bits per heavy atom. The minimum absolute atomic E-state index is 0.00524. The summed E-state index contributed by atoms with van der Waals surface area (Å²) in [7, 11) is 0. The average molecular weight is 411 g/mol. The maximum atomic E-state index is 12.4. The minimum Gasteiger partial charge on any atom is -0.377 e. The Hall–Kier alpha value is -2.35. The van der Waals surface area contributed by atoms with Crippen LogP contribution in [-0.4, -0.2) is 65.3 Å². The quantitative estimate of drug-likeness (QED) is 0.815. The second-order valence-corrected chi connectivity index (χ2v) is 8.44. The summed E-state index contributed by atoms with van der Waals surface area (Å²) < 4.78 is 12.3. The summed E-state index contributed by atoms with van der Waals surface area (Å²) in [6.45, 7) is 8.14. The first kappa shape index (κ1) is 20.9. The first-order chi connectivity index (χ1) is 14.5. The van der Waals surface area contributed by atoms with Gasteiger partial charge in [-0.1, -0.05) is 17.7 Å². The molecule has 30 heavy (non-hydrogen) atoms. The lowest BCUT2D eigenvalue weighted by Gasteiger charge is -2.32. The topological polar surface area (TPSA) is 76.6 Å². The van der Waals surface area contributed by atoms with Crippen molar-refractivity contribution in [2.45, 2.75) is 44.9 Å². The number of rotatable bonds is 5. The monoisotopic (exact) mass is 410 g/mol. The molecule has 2 aliphatic rings. The van der Waals surface area contributed by atoms with Crippen LogP contribution in [0, 0.1) is 13.8 Å². The van der Waals surface area contributed by atoms with Crippen molar-refractivity contribution >= 4 is 5.91 Å². The number of nitrogens with zero attached hydrogens (tertiary/aromatic N) is 3. The maximum absolute atomic E-state index is 12.4. The number of aryl methyl sites for hydroxylation is 2. The zero-order chi connectivity index (χ0) is 21.0. The molecule has 0 saturated carbocycles. The fraction of sp³-hybridized carbons (Fsp3) is 0.522. The van der Waals surface area contributed by atoms with Crippen LogP contribution in [0.25, 0.3) is 0 Å². The third-order valence-corrected chi connectivity index (χ3v) is 5.81. The van der Waals surface area contributed by atoms with Gasteiger partial charge < -0.3 is 14.8 Å². The van der Waals surface area contributed by atoms with Crippen LogP contribution in [0.1, 0.15) is 40.2 Å². The molecule has 1 N–H and O–H groups in total. The molecule has 160 valence electrons. The molecule has 2 aromatic rings. The minimum atomic E-state index is -0.318. The maximum Gasteiger partial charge on any atom is 0.251 e. The van der Waals surface area contributed by atoms with Crippen molar-refractivity contribution in [3.05, 3.63) is 59.2 Å². The van der Waals surface area contributed by atoms with Crippen LogP contribution < -0.4 is 5.32 Å². The molecular formula is C23H30N4O3. The van der Waals surface area contributed by atoms with Gasteiger partial charge in [0.1, 0.15) is 11.4 Å². The van der Waals surface area contributed by atoms with Gasteiger partial charge in [-0.3, -0.25) is 9.69 Å². The number of aromatic nitrogens is 2. The first-order valence-electron chi connectivity index (χ1n) is 10.6. The molecule has 2 atom stereocenters. The Morgan fingerprint density at radius 3 is 2.77 bits per heavy atom. The van der Waals surface area contributed by atoms with Crippen LogP contribution in [-0.2, 0) is 16.0 Å². The lowest BCUT2D eigenvalue weighted by molar-refractivity contribution is -0.0849. The van der Waals surface area contributed by atoms with Gasteiger partial charge in [-0.15, -0.1) is 0 Å². The first-order valence-corrected chi connectivity index (χ1v) is 10.6.